The Balaban J connectivity index is 2.76. The van der Waals surface area contributed by atoms with E-state index in [1.165, 1.54) is 25.2 Å². The molecule has 1 aromatic carbocycles. The van der Waals surface area contributed by atoms with Crippen LogP contribution < -0.4 is 9.61 Å². The van der Waals surface area contributed by atoms with Gasteiger partial charge in [0.15, 0.2) is 0 Å². The van der Waals surface area contributed by atoms with Gasteiger partial charge in [-0.3, -0.25) is 8.87 Å². The highest BCUT2D eigenvalue weighted by atomic mass is 32.2. The van der Waals surface area contributed by atoms with Gasteiger partial charge in [-0.25, -0.2) is 8.42 Å². The molecule has 0 spiro atoms. The topological polar surface area (TPSA) is 94.9 Å². The van der Waals surface area contributed by atoms with Crippen molar-refractivity contribution in [3.63, 3.8) is 0 Å². The van der Waals surface area contributed by atoms with Gasteiger partial charge in [0.25, 0.3) is 0 Å². The number of sulfonamides is 1. The summed E-state index contributed by atoms with van der Waals surface area (Å²) in [6.07, 6.45) is 5.80. The molecule has 0 bridgehead atoms. The molecule has 0 aromatic heterocycles. The lowest BCUT2D eigenvalue weighted by Crippen LogP contribution is -2.32. The van der Waals surface area contributed by atoms with Crippen molar-refractivity contribution in [2.75, 3.05) is 17.1 Å². The Labute approximate surface area is 138 Å². The Bertz CT molecular complexity index is 641. The molecule has 0 heterocycles. The summed E-state index contributed by atoms with van der Waals surface area (Å²) < 4.78 is 37.2. The first-order valence-electron chi connectivity index (χ1n) is 7.82. The Morgan fingerprint density at radius 3 is 2.22 bits per heavy atom. The van der Waals surface area contributed by atoms with E-state index in [2.05, 4.69) is 6.92 Å². The number of anilines is 1. The molecule has 0 saturated carbocycles. The highest BCUT2D eigenvalue weighted by molar-refractivity contribution is 7.92. The van der Waals surface area contributed by atoms with Gasteiger partial charge < -0.3 is 9.79 Å². The first kappa shape index (κ1) is 20.2. The van der Waals surface area contributed by atoms with Crippen molar-refractivity contribution >= 4 is 28.6 Å². The fraction of sp³-hybridized carbons (Fsp3) is 0.600. The summed E-state index contributed by atoms with van der Waals surface area (Å²) in [5.74, 6) is -0.0227. The maximum atomic E-state index is 12.4. The largest absolute Gasteiger partial charge is 0.358 e. The van der Waals surface area contributed by atoms with Crippen molar-refractivity contribution in [2.24, 2.45) is 0 Å². The van der Waals surface area contributed by atoms with Crippen LogP contribution in [0.15, 0.2) is 24.3 Å². The van der Waals surface area contributed by atoms with E-state index < -0.39 is 17.6 Å². The lowest BCUT2D eigenvalue weighted by atomic mass is 10.1. The van der Waals surface area contributed by atoms with Crippen LogP contribution >= 0.6 is 7.60 Å². The second-order valence-electron chi connectivity index (χ2n) is 5.58. The van der Waals surface area contributed by atoms with Crippen molar-refractivity contribution < 1.29 is 22.8 Å². The van der Waals surface area contributed by atoms with E-state index in [0.717, 1.165) is 36.4 Å². The van der Waals surface area contributed by atoms with Gasteiger partial charge in [0, 0.05) is 7.05 Å². The standard InChI is InChI=1S/C15H26NO5PS/c1-3-4-5-6-7-10-13-23(20,21)16(2)14-11-8-9-12-15(14)22(17,18)19/h8-9,11-12H,3-7,10,13H2,1-2H3,(H2,17,18,19). The van der Waals surface area contributed by atoms with Crippen LogP contribution in [0.1, 0.15) is 45.4 Å². The minimum atomic E-state index is -4.53. The van der Waals surface area contributed by atoms with Crippen LogP contribution in [0.25, 0.3) is 0 Å². The van der Waals surface area contributed by atoms with Gasteiger partial charge in [-0.15, -0.1) is 0 Å². The molecule has 0 aliphatic carbocycles. The lowest BCUT2D eigenvalue weighted by molar-refractivity contribution is 0.387. The Hall–Kier alpha value is -0.880. The number of rotatable bonds is 10. The third-order valence-electron chi connectivity index (χ3n) is 3.71. The van der Waals surface area contributed by atoms with Gasteiger partial charge >= 0.3 is 7.60 Å². The van der Waals surface area contributed by atoms with Crippen LogP contribution in [0.4, 0.5) is 5.69 Å². The highest BCUT2D eigenvalue weighted by Crippen LogP contribution is 2.37. The Morgan fingerprint density at radius 1 is 1.04 bits per heavy atom. The van der Waals surface area contributed by atoms with Gasteiger partial charge in [0.2, 0.25) is 10.0 Å². The molecule has 0 aliphatic heterocycles. The fourth-order valence-electron chi connectivity index (χ4n) is 2.33. The number of unbranched alkanes of at least 4 members (excludes halogenated alkanes) is 5. The summed E-state index contributed by atoms with van der Waals surface area (Å²) in [4.78, 5) is 18.7. The molecule has 2 N–H and O–H groups in total. The summed E-state index contributed by atoms with van der Waals surface area (Å²) in [6, 6.07) is 5.71. The van der Waals surface area contributed by atoms with E-state index in [4.69, 9.17) is 0 Å². The second-order valence-corrected chi connectivity index (χ2v) is 9.27. The Morgan fingerprint density at radius 2 is 1.61 bits per heavy atom. The van der Waals surface area contributed by atoms with E-state index in [-0.39, 0.29) is 16.7 Å². The van der Waals surface area contributed by atoms with Crippen LogP contribution in [0, 0.1) is 0 Å². The molecule has 0 amide bonds. The zero-order valence-corrected chi connectivity index (χ0v) is 15.4. The van der Waals surface area contributed by atoms with Crippen LogP contribution in [0.5, 0.6) is 0 Å². The van der Waals surface area contributed by atoms with E-state index in [1.807, 2.05) is 0 Å². The van der Waals surface area contributed by atoms with Crippen LogP contribution in [-0.2, 0) is 14.6 Å². The zero-order chi connectivity index (χ0) is 17.5. The SMILES string of the molecule is CCCCCCCCS(=O)(=O)N(C)c1ccccc1P(=O)(O)O. The molecule has 0 saturated heterocycles. The fourth-order valence-corrected chi connectivity index (χ4v) is 4.50. The van der Waals surface area contributed by atoms with Crippen LogP contribution in [0.2, 0.25) is 0 Å². The summed E-state index contributed by atoms with van der Waals surface area (Å²) in [6.45, 7) is 2.12. The monoisotopic (exact) mass is 363 g/mol. The summed E-state index contributed by atoms with van der Waals surface area (Å²) in [7, 11) is -6.79. The van der Waals surface area contributed by atoms with E-state index in [9.17, 15) is 22.8 Å². The van der Waals surface area contributed by atoms with Crippen molar-refractivity contribution in [3.05, 3.63) is 24.3 Å². The third-order valence-corrected chi connectivity index (χ3v) is 6.55. The van der Waals surface area contributed by atoms with Crippen LogP contribution in [0.3, 0.4) is 0 Å². The minimum Gasteiger partial charge on any atom is -0.321 e. The molecule has 23 heavy (non-hydrogen) atoms. The quantitative estimate of drug-likeness (QED) is 0.492. The molecular formula is C15H26NO5PS. The number of benzene rings is 1. The molecular weight excluding hydrogens is 337 g/mol. The minimum absolute atomic E-state index is 0.0227. The van der Waals surface area contributed by atoms with Crippen LogP contribution in [-0.4, -0.2) is 31.0 Å². The predicted octanol–water partition coefficient (Wildman–Crippen LogP) is 2.62. The molecule has 8 heteroatoms. The average Bonchev–Trinajstić information content (AvgIpc) is 2.49. The number of hydrogen-bond donors (Lipinski definition) is 2. The first-order valence-corrected chi connectivity index (χ1v) is 11.0. The molecule has 0 unspecified atom stereocenters. The van der Waals surface area contributed by atoms with Gasteiger partial charge in [-0.1, -0.05) is 51.2 Å². The lowest BCUT2D eigenvalue weighted by Gasteiger charge is -2.22. The number of nitrogens with zero attached hydrogens (tertiary/aromatic N) is 1. The highest BCUT2D eigenvalue weighted by Gasteiger charge is 2.27. The van der Waals surface area contributed by atoms with Crippen molar-refractivity contribution in [1.29, 1.82) is 0 Å². The number of para-hydroxylation sites is 1. The maximum absolute atomic E-state index is 12.4. The van der Waals surface area contributed by atoms with E-state index >= 15 is 0 Å². The average molecular weight is 363 g/mol. The molecule has 6 nitrogen and oxygen atoms in total. The first-order chi connectivity index (χ1) is 10.7. The normalized spacial score (nSPS) is 12.3. The molecule has 132 valence electrons. The van der Waals surface area contributed by atoms with Crippen molar-refractivity contribution in [3.8, 4) is 0 Å². The molecule has 1 rings (SSSR count). The summed E-state index contributed by atoms with van der Waals surface area (Å²) in [5, 5.41) is -0.269. The third kappa shape index (κ3) is 6.26. The van der Waals surface area contributed by atoms with Gasteiger partial charge in [-0.05, 0) is 18.6 Å². The van der Waals surface area contributed by atoms with Gasteiger partial charge in [0.1, 0.15) is 0 Å². The predicted molar refractivity (Wildman–Crippen MR) is 93.7 cm³/mol. The maximum Gasteiger partial charge on any atom is 0.358 e. The molecule has 0 aliphatic rings. The summed E-state index contributed by atoms with van der Waals surface area (Å²) >= 11 is 0. The van der Waals surface area contributed by atoms with E-state index in [1.54, 1.807) is 6.07 Å². The zero-order valence-electron chi connectivity index (χ0n) is 13.7. The van der Waals surface area contributed by atoms with Crippen molar-refractivity contribution in [2.45, 2.75) is 45.4 Å². The van der Waals surface area contributed by atoms with Crippen molar-refractivity contribution in [1.82, 2.24) is 0 Å². The second kappa shape index (κ2) is 8.83. The molecule has 1 aromatic rings. The molecule has 0 radical (unpaired) electrons. The van der Waals surface area contributed by atoms with Gasteiger partial charge in [-0.2, -0.15) is 0 Å². The van der Waals surface area contributed by atoms with Gasteiger partial charge in [0.05, 0.1) is 16.7 Å². The smallest absolute Gasteiger partial charge is 0.321 e. The summed E-state index contributed by atoms with van der Waals surface area (Å²) in [5.41, 5.74) is 0.0341. The molecule has 0 atom stereocenters. The van der Waals surface area contributed by atoms with E-state index in [0.29, 0.717) is 6.42 Å². The number of hydrogen-bond acceptors (Lipinski definition) is 3. The molecule has 0 fully saturated rings. The Kier molecular flexibility index (Phi) is 7.74.